The Morgan fingerprint density at radius 2 is 2.08 bits per heavy atom. The number of amides is 3. The quantitative estimate of drug-likeness (QED) is 0.473. The number of carbonyl (C=O) groups excluding carboxylic acids is 2. The van der Waals surface area contributed by atoms with Crippen molar-refractivity contribution >= 4 is 43.4 Å². The summed E-state index contributed by atoms with van der Waals surface area (Å²) in [6.45, 7) is 0. The van der Waals surface area contributed by atoms with Gasteiger partial charge >= 0.3 is 6.03 Å². The summed E-state index contributed by atoms with van der Waals surface area (Å²) in [7, 11) is -3.21. The molecule has 2 saturated heterocycles. The first-order chi connectivity index (χ1) is 11.8. The third kappa shape index (κ3) is 4.33. The van der Waals surface area contributed by atoms with Crippen molar-refractivity contribution in [2.24, 2.45) is 0 Å². The highest BCUT2D eigenvalue weighted by atomic mass is 79.9. The second kappa shape index (κ2) is 7.33. The van der Waals surface area contributed by atoms with Crippen molar-refractivity contribution < 1.29 is 18.0 Å². The number of carbonyl (C=O) groups is 2. The lowest BCUT2D eigenvalue weighted by atomic mass is 10.0. The minimum absolute atomic E-state index is 0.00948. The van der Waals surface area contributed by atoms with Crippen LogP contribution >= 0.6 is 15.9 Å². The molecule has 2 fully saturated rings. The first kappa shape index (κ1) is 18.2. The van der Waals surface area contributed by atoms with Gasteiger partial charge in [-0.2, -0.15) is 0 Å². The maximum atomic E-state index is 12.2. The van der Waals surface area contributed by atoms with Gasteiger partial charge in [0.25, 0.3) is 0 Å². The third-order valence-electron chi connectivity index (χ3n) is 4.57. The summed E-state index contributed by atoms with van der Waals surface area (Å²) in [6, 6.07) is 6.36. The smallest absolute Gasteiger partial charge is 0.315 e. The molecule has 0 radical (unpaired) electrons. The Morgan fingerprint density at radius 3 is 2.84 bits per heavy atom. The number of benzene rings is 1. The van der Waals surface area contributed by atoms with Crippen molar-refractivity contribution in [3.8, 4) is 0 Å². The molecule has 1 aromatic rings. The van der Waals surface area contributed by atoms with Crippen molar-refractivity contribution in [3.63, 3.8) is 0 Å². The van der Waals surface area contributed by atoms with Crippen LogP contribution in [0.25, 0.3) is 0 Å². The summed E-state index contributed by atoms with van der Waals surface area (Å²) in [5, 5.41) is 7.59. The lowest BCUT2D eigenvalue weighted by Crippen LogP contribution is -2.39. The Balaban J connectivity index is 1.45. The Bertz CT molecular complexity index is 783. The van der Waals surface area contributed by atoms with Crippen LogP contribution < -0.4 is 16.0 Å². The number of hydrogen-bond acceptors (Lipinski definition) is 4. The molecule has 2 aliphatic heterocycles. The van der Waals surface area contributed by atoms with Crippen LogP contribution in [0.1, 0.15) is 25.7 Å². The van der Waals surface area contributed by atoms with Crippen LogP contribution in [-0.2, 0) is 14.6 Å². The summed E-state index contributed by atoms with van der Waals surface area (Å²) in [5.74, 6) is -0.106. The lowest BCUT2D eigenvalue weighted by molar-refractivity contribution is -0.116. The Labute approximate surface area is 155 Å². The molecule has 0 spiro atoms. The van der Waals surface area contributed by atoms with Crippen LogP contribution in [0.4, 0.5) is 10.5 Å². The average Bonchev–Trinajstić information content (AvgIpc) is 2.96. The SMILES string of the molecule is O=C(CCCCC1C2NC(=O)NC2CS1(=O)=O)Nc1cccc(Br)c1. The summed E-state index contributed by atoms with van der Waals surface area (Å²) < 4.78 is 25.3. The van der Waals surface area contributed by atoms with Gasteiger partial charge in [0, 0.05) is 16.6 Å². The minimum atomic E-state index is -3.21. The molecular weight excluding hydrogens is 410 g/mol. The van der Waals surface area contributed by atoms with Gasteiger partial charge in [-0.1, -0.05) is 28.4 Å². The van der Waals surface area contributed by atoms with Crippen molar-refractivity contribution in [1.82, 2.24) is 10.6 Å². The van der Waals surface area contributed by atoms with E-state index in [1.807, 2.05) is 24.3 Å². The zero-order valence-electron chi connectivity index (χ0n) is 13.5. The molecule has 0 aliphatic carbocycles. The molecular formula is C16H20BrN3O4S. The monoisotopic (exact) mass is 429 g/mol. The Morgan fingerprint density at radius 1 is 1.28 bits per heavy atom. The molecule has 3 unspecified atom stereocenters. The van der Waals surface area contributed by atoms with Crippen molar-refractivity contribution in [1.29, 1.82) is 0 Å². The van der Waals surface area contributed by atoms with Gasteiger partial charge in [0.15, 0.2) is 9.84 Å². The van der Waals surface area contributed by atoms with Gasteiger partial charge < -0.3 is 16.0 Å². The molecule has 3 N–H and O–H groups in total. The predicted octanol–water partition coefficient (Wildman–Crippen LogP) is 1.80. The summed E-state index contributed by atoms with van der Waals surface area (Å²) in [4.78, 5) is 23.3. The molecule has 1 aromatic carbocycles. The number of urea groups is 1. The zero-order valence-corrected chi connectivity index (χ0v) is 15.9. The Hall–Kier alpha value is -1.61. The van der Waals surface area contributed by atoms with E-state index in [2.05, 4.69) is 31.9 Å². The van der Waals surface area contributed by atoms with Crippen LogP contribution in [0, 0.1) is 0 Å². The van der Waals surface area contributed by atoms with Gasteiger partial charge in [-0.3, -0.25) is 4.79 Å². The molecule has 9 heteroatoms. The van der Waals surface area contributed by atoms with Gasteiger partial charge in [-0.15, -0.1) is 0 Å². The summed E-state index contributed by atoms with van der Waals surface area (Å²) in [5.41, 5.74) is 0.723. The molecule has 7 nitrogen and oxygen atoms in total. The zero-order chi connectivity index (χ0) is 18.0. The highest BCUT2D eigenvalue weighted by Gasteiger charge is 2.51. The fraction of sp³-hybridized carbons (Fsp3) is 0.500. The third-order valence-corrected chi connectivity index (χ3v) is 7.34. The molecule has 0 saturated carbocycles. The van der Waals surface area contributed by atoms with Gasteiger partial charge in [-0.25, -0.2) is 13.2 Å². The molecule has 25 heavy (non-hydrogen) atoms. The van der Waals surface area contributed by atoms with Crippen LogP contribution in [0.5, 0.6) is 0 Å². The van der Waals surface area contributed by atoms with Crippen molar-refractivity contribution in [2.75, 3.05) is 11.1 Å². The number of anilines is 1. The van der Waals surface area contributed by atoms with E-state index in [-0.39, 0.29) is 29.8 Å². The first-order valence-electron chi connectivity index (χ1n) is 8.19. The highest BCUT2D eigenvalue weighted by molar-refractivity contribution is 9.10. The first-order valence-corrected chi connectivity index (χ1v) is 10.7. The van der Waals surface area contributed by atoms with Crippen LogP contribution in [-0.4, -0.2) is 43.4 Å². The maximum absolute atomic E-state index is 12.2. The number of rotatable bonds is 6. The molecule has 2 heterocycles. The number of hydrogen-bond donors (Lipinski definition) is 3. The van der Waals surface area contributed by atoms with E-state index in [1.54, 1.807) is 0 Å². The van der Waals surface area contributed by atoms with Crippen molar-refractivity contribution in [2.45, 2.75) is 43.0 Å². The number of halogens is 1. The van der Waals surface area contributed by atoms with E-state index in [4.69, 9.17) is 0 Å². The average molecular weight is 430 g/mol. The molecule has 0 bridgehead atoms. The minimum Gasteiger partial charge on any atom is -0.332 e. The number of sulfone groups is 1. The summed E-state index contributed by atoms with van der Waals surface area (Å²) >= 11 is 3.35. The molecule has 136 valence electrons. The van der Waals surface area contributed by atoms with Gasteiger partial charge in [0.05, 0.1) is 23.1 Å². The Kier molecular flexibility index (Phi) is 5.33. The maximum Gasteiger partial charge on any atom is 0.315 e. The molecule has 2 aliphatic rings. The van der Waals surface area contributed by atoms with Gasteiger partial charge in [0.1, 0.15) is 0 Å². The molecule has 3 amide bonds. The highest BCUT2D eigenvalue weighted by Crippen LogP contribution is 2.28. The fourth-order valence-corrected chi connectivity index (χ4v) is 6.09. The van der Waals surface area contributed by atoms with Crippen LogP contribution in [0.2, 0.25) is 0 Å². The normalized spacial score (nSPS) is 26.6. The van der Waals surface area contributed by atoms with E-state index in [0.717, 1.165) is 10.2 Å². The molecule has 3 rings (SSSR count). The van der Waals surface area contributed by atoms with E-state index in [1.165, 1.54) is 0 Å². The fourth-order valence-electron chi connectivity index (χ4n) is 3.43. The molecule has 0 aromatic heterocycles. The second-order valence-electron chi connectivity index (χ2n) is 6.42. The number of nitrogens with one attached hydrogen (secondary N) is 3. The number of unbranched alkanes of at least 4 members (excludes halogenated alkanes) is 1. The van der Waals surface area contributed by atoms with E-state index in [9.17, 15) is 18.0 Å². The van der Waals surface area contributed by atoms with Gasteiger partial charge in [0.2, 0.25) is 5.91 Å². The van der Waals surface area contributed by atoms with Crippen LogP contribution in [0.15, 0.2) is 28.7 Å². The van der Waals surface area contributed by atoms with E-state index >= 15 is 0 Å². The number of fused-ring (bicyclic) bond motifs is 1. The second-order valence-corrected chi connectivity index (χ2v) is 9.60. The van der Waals surface area contributed by atoms with Crippen LogP contribution in [0.3, 0.4) is 0 Å². The lowest BCUT2D eigenvalue weighted by Gasteiger charge is -2.16. The summed E-state index contributed by atoms with van der Waals surface area (Å²) in [6.07, 6.45) is 2.01. The standard InChI is InChI=1S/C16H20BrN3O4S/c17-10-4-3-5-11(8-10)18-14(21)7-2-1-6-13-15-12(9-25(13,23)24)19-16(22)20-15/h3-5,8,12-13,15H,1-2,6-7,9H2,(H,18,21)(H2,19,20,22). The molecule has 3 atom stereocenters. The van der Waals surface area contributed by atoms with Crippen molar-refractivity contribution in [3.05, 3.63) is 28.7 Å². The van der Waals surface area contributed by atoms with E-state index in [0.29, 0.717) is 25.7 Å². The van der Waals surface area contributed by atoms with Gasteiger partial charge in [-0.05, 0) is 31.0 Å². The topological polar surface area (TPSA) is 104 Å². The largest absolute Gasteiger partial charge is 0.332 e. The van der Waals surface area contributed by atoms with E-state index < -0.39 is 15.1 Å². The predicted molar refractivity (Wildman–Crippen MR) is 98.1 cm³/mol.